The van der Waals surface area contributed by atoms with Crippen molar-refractivity contribution >= 4 is 0 Å². The first-order valence-corrected chi connectivity index (χ1v) is 12.8. The number of halogens is 18. The second-order valence-electron chi connectivity index (χ2n) is 10.7. The predicted octanol–water partition coefficient (Wildman–Crippen LogP) is 7.81. The van der Waals surface area contributed by atoms with Crippen LogP contribution in [0.2, 0.25) is 0 Å². The van der Waals surface area contributed by atoms with Gasteiger partial charge in [-0.05, 0) is 61.4 Å². The molecule has 0 aliphatic heterocycles. The van der Waals surface area contributed by atoms with Crippen LogP contribution < -0.4 is 4.74 Å². The molecule has 0 fully saturated rings. The minimum atomic E-state index is -6.36. The van der Waals surface area contributed by atoms with Gasteiger partial charge >= 0.3 is 37.1 Å². The molecular formula is C27H22F18O6. The number of hydrogen-bond donors (Lipinski definition) is 5. The Morgan fingerprint density at radius 1 is 0.490 bits per heavy atom. The van der Waals surface area contributed by atoms with E-state index < -0.39 is 99.8 Å². The molecule has 292 valence electrons. The number of benzene rings is 2. The molecular weight excluding hydrogens is 762 g/mol. The van der Waals surface area contributed by atoms with Crippen molar-refractivity contribution in [3.8, 4) is 11.5 Å². The van der Waals surface area contributed by atoms with Crippen LogP contribution in [-0.2, 0) is 22.4 Å². The third-order valence-electron chi connectivity index (χ3n) is 6.90. The van der Waals surface area contributed by atoms with Crippen molar-refractivity contribution in [2.75, 3.05) is 6.61 Å². The lowest BCUT2D eigenvalue weighted by molar-refractivity contribution is -0.376. The van der Waals surface area contributed by atoms with Crippen LogP contribution in [0, 0.1) is 0 Å². The van der Waals surface area contributed by atoms with E-state index in [0.29, 0.717) is 6.07 Å². The SMILES string of the molecule is C=CCOc1cc(C(C)(O)C(F)(F)F)cc(C(O)(C(F)(F)F)C(F)(F)F)c1.CC(O)(c1cc(O)cc(C(O)(C(F)(F)F)C(F)(F)F)c1)C(F)(F)F. The molecule has 0 amide bonds. The van der Waals surface area contributed by atoms with Gasteiger partial charge in [-0.15, -0.1) is 0 Å². The minimum absolute atomic E-state index is 0.0613. The number of aromatic hydroxyl groups is 1. The average molecular weight is 784 g/mol. The zero-order valence-corrected chi connectivity index (χ0v) is 24.9. The molecule has 2 rings (SSSR count). The molecule has 24 heteroatoms. The van der Waals surface area contributed by atoms with Gasteiger partial charge in [0.05, 0.1) is 0 Å². The van der Waals surface area contributed by atoms with Gasteiger partial charge in [0.1, 0.15) is 18.1 Å². The standard InChI is InChI=1S/C15H13F9O3.C12H9F9O3/c1-3-4-27-10-6-8(11(2,25)13(16,17)18)5-9(7-10)12(26,14(19,20)21)15(22,23)24;1-8(23,10(13,14)15)5-2-6(4-7(22)3-5)9(24,11(16,17)18)12(19,20)21/h3,5-7,25-26H,1,4H2,2H3;2-4,22-24H,1H3. The molecule has 2 unspecified atom stereocenters. The minimum Gasteiger partial charge on any atom is -0.508 e. The zero-order valence-electron chi connectivity index (χ0n) is 24.9. The van der Waals surface area contributed by atoms with E-state index in [0.717, 1.165) is 6.08 Å². The molecule has 51 heavy (non-hydrogen) atoms. The fourth-order valence-corrected chi connectivity index (χ4v) is 3.73. The number of phenols is 1. The molecule has 0 aliphatic rings. The summed E-state index contributed by atoms with van der Waals surface area (Å²) in [4.78, 5) is 0. The van der Waals surface area contributed by atoms with Crippen LogP contribution in [-0.4, -0.2) is 69.2 Å². The van der Waals surface area contributed by atoms with Crippen LogP contribution in [0.1, 0.15) is 36.1 Å². The van der Waals surface area contributed by atoms with Gasteiger partial charge < -0.3 is 30.3 Å². The largest absolute Gasteiger partial charge is 0.508 e. The van der Waals surface area contributed by atoms with Gasteiger partial charge in [-0.25, -0.2) is 0 Å². The molecule has 0 aliphatic carbocycles. The van der Waals surface area contributed by atoms with Crippen LogP contribution >= 0.6 is 0 Å². The van der Waals surface area contributed by atoms with E-state index in [1.54, 1.807) is 0 Å². The fraction of sp³-hybridized carbons (Fsp3) is 0.481. The Morgan fingerprint density at radius 3 is 1.06 bits per heavy atom. The molecule has 2 aromatic rings. The molecule has 0 saturated heterocycles. The summed E-state index contributed by atoms with van der Waals surface area (Å²) in [7, 11) is 0. The first-order valence-electron chi connectivity index (χ1n) is 12.8. The highest BCUT2D eigenvalue weighted by atomic mass is 19.4. The second-order valence-corrected chi connectivity index (χ2v) is 10.7. The molecule has 0 radical (unpaired) electrons. The fourth-order valence-electron chi connectivity index (χ4n) is 3.73. The highest BCUT2D eigenvalue weighted by molar-refractivity contribution is 5.43. The Balaban J connectivity index is 0.000000514. The smallest absolute Gasteiger partial charge is 0.430 e. The number of ether oxygens (including phenoxy) is 1. The van der Waals surface area contributed by atoms with E-state index in [-0.39, 0.29) is 44.2 Å². The third kappa shape index (κ3) is 8.71. The second kappa shape index (κ2) is 13.7. The maximum absolute atomic E-state index is 13.0. The number of hydrogen-bond acceptors (Lipinski definition) is 6. The lowest BCUT2D eigenvalue weighted by atomic mass is 9.86. The Hall–Kier alpha value is -3.64. The van der Waals surface area contributed by atoms with Crippen molar-refractivity contribution in [1.29, 1.82) is 0 Å². The monoisotopic (exact) mass is 784 g/mol. The summed E-state index contributed by atoms with van der Waals surface area (Å²) in [5, 5.41) is 46.7. The lowest BCUT2D eigenvalue weighted by Gasteiger charge is -2.34. The van der Waals surface area contributed by atoms with E-state index in [2.05, 4.69) is 6.58 Å². The Labute approximate surface area is 272 Å². The summed E-state index contributed by atoms with van der Waals surface area (Å²) >= 11 is 0. The number of aliphatic hydroxyl groups is 4. The quantitative estimate of drug-likeness (QED) is 0.145. The van der Waals surface area contributed by atoms with Crippen LogP contribution in [0.15, 0.2) is 49.1 Å². The number of phenolic OH excluding ortho intramolecular Hbond substituents is 1. The summed E-state index contributed by atoms with van der Waals surface area (Å²) in [6.45, 7) is 2.88. The van der Waals surface area contributed by atoms with Crippen molar-refractivity contribution in [2.45, 2.75) is 73.3 Å². The molecule has 0 aromatic heterocycles. The van der Waals surface area contributed by atoms with Crippen molar-refractivity contribution in [2.24, 2.45) is 0 Å². The summed E-state index contributed by atoms with van der Waals surface area (Å²) in [5.41, 5.74) is -25.8. The molecule has 0 heterocycles. The van der Waals surface area contributed by atoms with Gasteiger partial charge in [0.25, 0.3) is 11.2 Å². The summed E-state index contributed by atoms with van der Waals surface area (Å²) in [5.74, 6) is -2.32. The lowest BCUT2D eigenvalue weighted by Crippen LogP contribution is -2.54. The molecule has 5 N–H and O–H groups in total. The summed E-state index contributed by atoms with van der Waals surface area (Å²) in [6, 6.07) is -0.126. The van der Waals surface area contributed by atoms with E-state index in [1.165, 1.54) is 0 Å². The van der Waals surface area contributed by atoms with Crippen molar-refractivity contribution < 1.29 is 109 Å². The molecule has 0 spiro atoms. The van der Waals surface area contributed by atoms with Crippen LogP contribution in [0.25, 0.3) is 0 Å². The molecule has 2 aromatic carbocycles. The Morgan fingerprint density at radius 2 is 0.765 bits per heavy atom. The van der Waals surface area contributed by atoms with Gasteiger partial charge in [-0.3, -0.25) is 0 Å². The first kappa shape index (κ1) is 45.4. The first-order chi connectivity index (χ1) is 22.2. The van der Waals surface area contributed by atoms with E-state index >= 15 is 0 Å². The van der Waals surface area contributed by atoms with Gasteiger partial charge in [0, 0.05) is 11.1 Å². The van der Waals surface area contributed by atoms with Gasteiger partial charge in [0.15, 0.2) is 11.2 Å². The Kier molecular flexibility index (Phi) is 12.2. The van der Waals surface area contributed by atoms with Crippen LogP contribution in [0.3, 0.4) is 0 Å². The molecule has 6 nitrogen and oxygen atoms in total. The van der Waals surface area contributed by atoms with Crippen molar-refractivity contribution in [3.05, 3.63) is 71.3 Å². The van der Waals surface area contributed by atoms with Crippen molar-refractivity contribution in [3.63, 3.8) is 0 Å². The molecule has 2 atom stereocenters. The molecule has 0 bridgehead atoms. The number of alkyl halides is 18. The molecule has 0 saturated carbocycles. The topological polar surface area (TPSA) is 110 Å². The maximum Gasteiger partial charge on any atom is 0.430 e. The van der Waals surface area contributed by atoms with E-state index in [1.807, 2.05) is 0 Å². The maximum atomic E-state index is 13.0. The van der Waals surface area contributed by atoms with Crippen LogP contribution in [0.4, 0.5) is 79.0 Å². The van der Waals surface area contributed by atoms with Gasteiger partial charge in [-0.1, -0.05) is 12.7 Å². The zero-order chi connectivity index (χ0) is 40.8. The van der Waals surface area contributed by atoms with E-state index in [4.69, 9.17) is 9.84 Å². The van der Waals surface area contributed by atoms with E-state index in [9.17, 15) is 99.5 Å². The highest BCUT2D eigenvalue weighted by Gasteiger charge is 2.73. The summed E-state index contributed by atoms with van der Waals surface area (Å²) in [6.07, 6.45) is -35.3. The summed E-state index contributed by atoms with van der Waals surface area (Å²) < 4.78 is 236. The van der Waals surface area contributed by atoms with Gasteiger partial charge in [0.2, 0.25) is 0 Å². The third-order valence-corrected chi connectivity index (χ3v) is 6.90. The van der Waals surface area contributed by atoms with Crippen LogP contribution in [0.5, 0.6) is 11.5 Å². The number of rotatable bonds is 7. The van der Waals surface area contributed by atoms with Crippen molar-refractivity contribution in [1.82, 2.24) is 0 Å². The normalized spacial score (nSPS) is 16.4. The Bertz CT molecular complexity index is 1500. The highest BCUT2D eigenvalue weighted by Crippen LogP contribution is 2.53. The predicted molar refractivity (Wildman–Crippen MR) is 134 cm³/mol. The van der Waals surface area contributed by atoms with Gasteiger partial charge in [-0.2, -0.15) is 79.0 Å². The average Bonchev–Trinajstić information content (AvgIpc) is 2.91.